The zero-order chi connectivity index (χ0) is 10.4. The van der Waals surface area contributed by atoms with Crippen molar-refractivity contribution in [2.75, 3.05) is 0 Å². The fraction of sp³-hybridized carbons (Fsp3) is 0.455. The molecule has 0 aliphatic heterocycles. The fourth-order valence-corrected chi connectivity index (χ4v) is 1.41. The Bertz CT molecular complexity index is 281. The second kappa shape index (κ2) is 7.92. The van der Waals surface area contributed by atoms with E-state index in [-0.39, 0.29) is 18.7 Å². The zero-order valence-corrected chi connectivity index (χ0v) is 11.1. The van der Waals surface area contributed by atoms with Crippen LogP contribution in [0.15, 0.2) is 24.3 Å². The van der Waals surface area contributed by atoms with Gasteiger partial charge in [-0.05, 0) is 18.6 Å². The number of para-hydroxylation sites is 1. The lowest BCUT2D eigenvalue weighted by Crippen LogP contribution is -2.16. The monoisotopic (exact) mass is 248 g/mol. The Hall–Kier alpha value is -0.300. The first-order valence-electron chi connectivity index (χ1n) is 4.85. The molecule has 2 unspecified atom stereocenters. The van der Waals surface area contributed by atoms with Gasteiger partial charge in [-0.1, -0.05) is 31.5 Å². The summed E-state index contributed by atoms with van der Waals surface area (Å²) in [7, 11) is 2.25. The molecule has 1 aromatic carbocycles. The summed E-state index contributed by atoms with van der Waals surface area (Å²) in [5.74, 6) is 0.897. The summed E-state index contributed by atoms with van der Waals surface area (Å²) < 4.78 is 10.8. The quantitative estimate of drug-likeness (QED) is 0.584. The van der Waals surface area contributed by atoms with Gasteiger partial charge in [0.2, 0.25) is 6.29 Å². The van der Waals surface area contributed by atoms with Crippen LogP contribution in [0.4, 0.5) is 0 Å². The van der Waals surface area contributed by atoms with E-state index in [0.29, 0.717) is 0 Å². The van der Waals surface area contributed by atoms with E-state index in [4.69, 9.17) is 9.26 Å². The summed E-state index contributed by atoms with van der Waals surface area (Å²) in [6, 6.07) is 7.95. The summed E-state index contributed by atoms with van der Waals surface area (Å²) in [6.07, 6.45) is 1.79. The molecule has 2 nitrogen and oxygen atoms in total. The number of hydrogen-bond donors (Lipinski definition) is 0. The lowest BCUT2D eigenvalue weighted by molar-refractivity contribution is 0.0137. The molecule has 0 aliphatic rings. The summed E-state index contributed by atoms with van der Waals surface area (Å²) in [5, 5.41) is 0. The van der Waals surface area contributed by atoms with Crippen LogP contribution in [0.1, 0.15) is 25.3 Å². The maximum absolute atomic E-state index is 5.69. The van der Waals surface area contributed by atoms with E-state index in [1.54, 1.807) is 0 Å². The molecule has 0 fully saturated rings. The van der Waals surface area contributed by atoms with Gasteiger partial charge in [0, 0.05) is 15.9 Å². The van der Waals surface area contributed by atoms with Gasteiger partial charge in [0.25, 0.3) is 0 Å². The average Bonchev–Trinajstić information content (AvgIpc) is 2.20. The summed E-state index contributed by atoms with van der Waals surface area (Å²) in [5.41, 5.74) is 1.13. The second-order valence-corrected chi connectivity index (χ2v) is 3.51. The van der Waals surface area contributed by atoms with Crippen molar-refractivity contribution in [3.05, 3.63) is 29.8 Å². The molecule has 1 aromatic rings. The van der Waals surface area contributed by atoms with E-state index in [1.807, 2.05) is 31.2 Å². The first-order valence-corrected chi connectivity index (χ1v) is 5.33. The van der Waals surface area contributed by atoms with Crippen molar-refractivity contribution < 1.29 is 9.26 Å². The van der Waals surface area contributed by atoms with Crippen LogP contribution in [-0.2, 0) is 4.52 Å². The van der Waals surface area contributed by atoms with E-state index in [1.165, 1.54) is 0 Å². The van der Waals surface area contributed by atoms with Gasteiger partial charge in [-0.15, -0.1) is 12.4 Å². The molecule has 0 N–H and O–H groups in total. The predicted molar refractivity (Wildman–Crippen MR) is 68.5 cm³/mol. The van der Waals surface area contributed by atoms with Crippen LogP contribution in [0.25, 0.3) is 0 Å². The molecule has 1 rings (SSSR count). The second-order valence-electron chi connectivity index (χ2n) is 3.24. The molecule has 0 bridgehead atoms. The van der Waals surface area contributed by atoms with E-state index in [0.717, 1.165) is 24.2 Å². The topological polar surface area (TPSA) is 18.5 Å². The summed E-state index contributed by atoms with van der Waals surface area (Å²) in [4.78, 5) is 0. The van der Waals surface area contributed by atoms with Crippen molar-refractivity contribution in [1.29, 1.82) is 0 Å². The first-order chi connectivity index (χ1) is 6.77. The Balaban J connectivity index is 0.00000196. The maximum Gasteiger partial charge on any atom is 0.202 e. The van der Waals surface area contributed by atoms with Crippen LogP contribution in [0.2, 0.25) is 0 Å². The van der Waals surface area contributed by atoms with Crippen LogP contribution in [-0.4, -0.2) is 6.29 Å². The minimum Gasteiger partial charge on any atom is -0.464 e. The minimum atomic E-state index is -0.161. The van der Waals surface area contributed by atoms with Gasteiger partial charge in [-0.25, -0.2) is 0 Å². The van der Waals surface area contributed by atoms with Crippen LogP contribution in [0, 0.1) is 6.92 Å². The first kappa shape index (κ1) is 14.7. The Morgan fingerprint density at radius 2 is 2.00 bits per heavy atom. The van der Waals surface area contributed by atoms with Gasteiger partial charge in [-0.2, -0.15) is 0 Å². The van der Waals surface area contributed by atoms with Gasteiger partial charge in [0.05, 0.1) is 0 Å². The molecule has 15 heavy (non-hydrogen) atoms. The van der Waals surface area contributed by atoms with Gasteiger partial charge < -0.3 is 9.26 Å². The predicted octanol–water partition coefficient (Wildman–Crippen LogP) is 3.73. The number of benzene rings is 1. The SMILES string of the molecule is CCCC(OP)Oc1ccccc1C.Cl. The number of aryl methyl sites for hydroxylation is 1. The van der Waals surface area contributed by atoms with E-state index in [9.17, 15) is 0 Å². The fourth-order valence-electron chi connectivity index (χ4n) is 1.22. The van der Waals surface area contributed by atoms with E-state index in [2.05, 4.69) is 16.4 Å². The van der Waals surface area contributed by atoms with Crippen molar-refractivity contribution in [3.8, 4) is 5.75 Å². The smallest absolute Gasteiger partial charge is 0.202 e. The third kappa shape index (κ3) is 4.83. The standard InChI is InChI=1S/C11H17O2P.ClH/c1-3-6-11(13-14)12-10-8-5-4-7-9(10)2;/h4-5,7-8,11H,3,6,14H2,1-2H3;1H. The minimum absolute atomic E-state index is 0. The molecule has 4 heteroatoms. The third-order valence-corrected chi connectivity index (χ3v) is 2.33. The highest BCUT2D eigenvalue weighted by Gasteiger charge is 2.08. The third-order valence-electron chi connectivity index (χ3n) is 2.03. The molecule has 0 aliphatic carbocycles. The van der Waals surface area contributed by atoms with Crippen molar-refractivity contribution in [2.45, 2.75) is 33.0 Å². The van der Waals surface area contributed by atoms with E-state index < -0.39 is 0 Å². The molecule has 0 spiro atoms. The molecule has 2 atom stereocenters. The maximum atomic E-state index is 5.69. The molecule has 0 saturated carbocycles. The lowest BCUT2D eigenvalue weighted by atomic mass is 10.2. The highest BCUT2D eigenvalue weighted by molar-refractivity contribution is 7.09. The van der Waals surface area contributed by atoms with E-state index >= 15 is 0 Å². The van der Waals surface area contributed by atoms with Crippen molar-refractivity contribution in [3.63, 3.8) is 0 Å². The van der Waals surface area contributed by atoms with Gasteiger partial charge in [0.1, 0.15) is 5.75 Å². The Morgan fingerprint density at radius 3 is 2.53 bits per heavy atom. The molecule has 86 valence electrons. The zero-order valence-electron chi connectivity index (χ0n) is 9.10. The number of hydrogen-bond acceptors (Lipinski definition) is 2. The normalized spacial score (nSPS) is 11.7. The Labute approximate surface area is 100 Å². The van der Waals surface area contributed by atoms with Crippen molar-refractivity contribution >= 4 is 21.9 Å². The molecule has 0 aromatic heterocycles. The largest absolute Gasteiger partial charge is 0.464 e. The Morgan fingerprint density at radius 1 is 1.33 bits per heavy atom. The highest BCUT2D eigenvalue weighted by Crippen LogP contribution is 2.20. The van der Waals surface area contributed by atoms with Crippen molar-refractivity contribution in [2.24, 2.45) is 0 Å². The van der Waals surface area contributed by atoms with Crippen molar-refractivity contribution in [1.82, 2.24) is 0 Å². The van der Waals surface area contributed by atoms with Gasteiger partial charge in [0.15, 0.2) is 0 Å². The molecular weight excluding hydrogens is 231 g/mol. The Kier molecular flexibility index (Phi) is 7.76. The lowest BCUT2D eigenvalue weighted by Gasteiger charge is -2.17. The molecule has 0 amide bonds. The molecular formula is C11H18ClO2P. The number of ether oxygens (including phenoxy) is 1. The number of halogens is 1. The summed E-state index contributed by atoms with van der Waals surface area (Å²) >= 11 is 0. The van der Waals surface area contributed by atoms with Crippen LogP contribution in [0.3, 0.4) is 0 Å². The van der Waals surface area contributed by atoms with Crippen LogP contribution < -0.4 is 4.74 Å². The summed E-state index contributed by atoms with van der Waals surface area (Å²) in [6.45, 7) is 4.14. The molecule has 0 heterocycles. The van der Waals surface area contributed by atoms with Crippen LogP contribution in [0.5, 0.6) is 5.75 Å². The van der Waals surface area contributed by atoms with Gasteiger partial charge in [-0.3, -0.25) is 0 Å². The molecule has 0 saturated heterocycles. The van der Waals surface area contributed by atoms with Gasteiger partial charge >= 0.3 is 0 Å². The number of rotatable bonds is 5. The highest BCUT2D eigenvalue weighted by atomic mass is 35.5. The van der Waals surface area contributed by atoms with Crippen LogP contribution >= 0.6 is 21.9 Å². The molecule has 0 radical (unpaired) electrons. The average molecular weight is 249 g/mol.